The van der Waals surface area contributed by atoms with Gasteiger partial charge in [-0.15, -0.1) is 0 Å². The van der Waals surface area contributed by atoms with Crippen LogP contribution in [0.1, 0.15) is 42.7 Å². The summed E-state index contributed by atoms with van der Waals surface area (Å²) >= 11 is 2.12. The normalized spacial score (nSPS) is 11.8. The molecule has 1 unspecified atom stereocenters. The van der Waals surface area contributed by atoms with Gasteiger partial charge in [0.1, 0.15) is 5.75 Å². The molecule has 0 saturated carbocycles. The van der Waals surface area contributed by atoms with E-state index in [0.717, 1.165) is 14.9 Å². The summed E-state index contributed by atoms with van der Waals surface area (Å²) in [6.45, 7) is 5.91. The number of halogens is 1. The highest BCUT2D eigenvalue weighted by atomic mass is 127. The minimum atomic E-state index is -0.168. The van der Waals surface area contributed by atoms with Gasteiger partial charge in [-0.3, -0.25) is 4.79 Å². The molecule has 0 spiro atoms. The van der Waals surface area contributed by atoms with Gasteiger partial charge in [-0.2, -0.15) is 0 Å². The van der Waals surface area contributed by atoms with Crippen LogP contribution in [0.3, 0.4) is 0 Å². The second-order valence-corrected chi connectivity index (χ2v) is 7.28. The van der Waals surface area contributed by atoms with Gasteiger partial charge in [-0.25, -0.2) is 0 Å². The number of hydrogen-bond donors (Lipinski definition) is 1. The summed E-state index contributed by atoms with van der Waals surface area (Å²) in [6.07, 6.45) is 0.100. The summed E-state index contributed by atoms with van der Waals surface area (Å²) in [5.74, 6) is 1.75. The van der Waals surface area contributed by atoms with Gasteiger partial charge in [0, 0.05) is 3.57 Å². The van der Waals surface area contributed by atoms with E-state index >= 15 is 0 Å². The number of carbonyl (C=O) groups excluding carboxylic acids is 1. The van der Waals surface area contributed by atoms with Crippen LogP contribution < -0.4 is 19.5 Å². The average molecular weight is 469 g/mol. The minimum Gasteiger partial charge on any atom is -0.493 e. The Kier molecular flexibility index (Phi) is 7.14. The van der Waals surface area contributed by atoms with Crippen LogP contribution in [0, 0.1) is 3.57 Å². The van der Waals surface area contributed by atoms with E-state index in [1.807, 2.05) is 45.0 Å². The molecule has 0 heterocycles. The van der Waals surface area contributed by atoms with Crippen molar-refractivity contribution in [1.82, 2.24) is 5.32 Å². The molecule has 2 rings (SSSR count). The van der Waals surface area contributed by atoms with Crippen molar-refractivity contribution < 1.29 is 19.0 Å². The predicted molar refractivity (Wildman–Crippen MR) is 110 cm³/mol. The van der Waals surface area contributed by atoms with Crippen molar-refractivity contribution >= 4 is 28.5 Å². The number of ether oxygens (including phenoxy) is 3. The zero-order chi connectivity index (χ0) is 19.3. The molecule has 0 aliphatic heterocycles. The van der Waals surface area contributed by atoms with Crippen molar-refractivity contribution in [2.45, 2.75) is 32.9 Å². The summed E-state index contributed by atoms with van der Waals surface area (Å²) in [4.78, 5) is 12.7. The Morgan fingerprint density at radius 1 is 1.04 bits per heavy atom. The first-order valence-corrected chi connectivity index (χ1v) is 9.42. The highest BCUT2D eigenvalue weighted by Crippen LogP contribution is 2.31. The lowest BCUT2D eigenvalue weighted by Gasteiger charge is -2.18. The van der Waals surface area contributed by atoms with Crippen LogP contribution in [-0.4, -0.2) is 26.2 Å². The van der Waals surface area contributed by atoms with Gasteiger partial charge in [0.05, 0.1) is 31.9 Å². The molecular weight excluding hydrogens is 445 g/mol. The first kappa shape index (κ1) is 20.4. The first-order chi connectivity index (χ1) is 12.3. The van der Waals surface area contributed by atoms with E-state index in [0.29, 0.717) is 17.1 Å². The molecule has 5 nitrogen and oxygen atoms in total. The Labute approximate surface area is 168 Å². The molecule has 0 radical (unpaired) electrons. The maximum absolute atomic E-state index is 12.7. The van der Waals surface area contributed by atoms with E-state index in [1.54, 1.807) is 26.4 Å². The minimum absolute atomic E-state index is 0.100. The van der Waals surface area contributed by atoms with Crippen LogP contribution >= 0.6 is 22.6 Å². The van der Waals surface area contributed by atoms with Gasteiger partial charge in [0.25, 0.3) is 5.91 Å². The third-order valence-corrected chi connectivity index (χ3v) is 4.69. The molecule has 2 aromatic carbocycles. The summed E-state index contributed by atoms with van der Waals surface area (Å²) in [5, 5.41) is 3.03. The number of rotatable bonds is 7. The molecule has 26 heavy (non-hydrogen) atoms. The van der Waals surface area contributed by atoms with Gasteiger partial charge < -0.3 is 19.5 Å². The molecule has 0 aliphatic rings. The molecule has 1 N–H and O–H groups in total. The van der Waals surface area contributed by atoms with E-state index < -0.39 is 0 Å². The second-order valence-electron chi connectivity index (χ2n) is 6.12. The van der Waals surface area contributed by atoms with E-state index in [4.69, 9.17) is 14.2 Å². The quantitative estimate of drug-likeness (QED) is 0.603. The maximum Gasteiger partial charge on any atom is 0.252 e. The van der Waals surface area contributed by atoms with Crippen molar-refractivity contribution in [1.29, 1.82) is 0 Å². The largest absolute Gasteiger partial charge is 0.493 e. The first-order valence-electron chi connectivity index (χ1n) is 8.34. The third kappa shape index (κ3) is 5.03. The van der Waals surface area contributed by atoms with Crippen molar-refractivity contribution in [2.75, 3.05) is 14.2 Å². The summed E-state index contributed by atoms with van der Waals surface area (Å²) in [5.41, 5.74) is 1.52. The molecule has 6 heteroatoms. The van der Waals surface area contributed by atoms with Crippen LogP contribution in [0.25, 0.3) is 0 Å². The third-order valence-electron chi connectivity index (χ3n) is 3.80. The number of benzene rings is 2. The lowest BCUT2D eigenvalue weighted by molar-refractivity contribution is 0.0938. The van der Waals surface area contributed by atoms with Crippen molar-refractivity contribution in [2.24, 2.45) is 0 Å². The summed E-state index contributed by atoms with van der Waals surface area (Å²) < 4.78 is 17.1. The SMILES string of the molecule is COc1cc(I)c(C(=O)NC(C)c2cccc(OC(C)C)c2)cc1OC. The Bertz CT molecular complexity index is 776. The van der Waals surface area contributed by atoms with E-state index in [9.17, 15) is 4.79 Å². The van der Waals surface area contributed by atoms with Crippen molar-refractivity contribution in [3.05, 3.63) is 51.1 Å². The van der Waals surface area contributed by atoms with E-state index in [2.05, 4.69) is 27.9 Å². The Morgan fingerprint density at radius 3 is 2.31 bits per heavy atom. The monoisotopic (exact) mass is 469 g/mol. The smallest absolute Gasteiger partial charge is 0.252 e. The topological polar surface area (TPSA) is 56.8 Å². The molecule has 1 atom stereocenters. The maximum atomic E-state index is 12.7. The van der Waals surface area contributed by atoms with Gasteiger partial charge in [0.15, 0.2) is 11.5 Å². The van der Waals surface area contributed by atoms with Crippen LogP contribution in [0.5, 0.6) is 17.2 Å². The predicted octanol–water partition coefficient (Wildman–Crippen LogP) is 4.59. The molecule has 0 aromatic heterocycles. The molecule has 0 bridgehead atoms. The molecule has 0 saturated heterocycles. The number of hydrogen-bond acceptors (Lipinski definition) is 4. The molecule has 140 valence electrons. The number of nitrogens with one attached hydrogen (secondary N) is 1. The van der Waals surface area contributed by atoms with Crippen LogP contribution in [0.15, 0.2) is 36.4 Å². The molecule has 0 fully saturated rings. The lowest BCUT2D eigenvalue weighted by atomic mass is 10.1. The fourth-order valence-corrected chi connectivity index (χ4v) is 3.20. The van der Waals surface area contributed by atoms with Gasteiger partial charge in [-0.1, -0.05) is 12.1 Å². The highest BCUT2D eigenvalue weighted by molar-refractivity contribution is 14.1. The van der Waals surface area contributed by atoms with E-state index in [-0.39, 0.29) is 18.1 Å². The lowest BCUT2D eigenvalue weighted by Crippen LogP contribution is -2.27. The van der Waals surface area contributed by atoms with Crippen molar-refractivity contribution in [3.63, 3.8) is 0 Å². The fraction of sp³-hybridized carbons (Fsp3) is 0.350. The standard InChI is InChI=1S/C20H24INO4/c1-12(2)26-15-8-6-7-14(9-15)13(3)22-20(23)16-10-18(24-4)19(25-5)11-17(16)21/h6-13H,1-5H3,(H,22,23). The summed E-state index contributed by atoms with van der Waals surface area (Å²) in [7, 11) is 3.12. The second kappa shape index (κ2) is 9.12. The molecule has 2 aromatic rings. The Morgan fingerprint density at radius 2 is 1.69 bits per heavy atom. The Balaban J connectivity index is 2.19. The van der Waals surface area contributed by atoms with Gasteiger partial charge >= 0.3 is 0 Å². The molecule has 1 amide bonds. The number of methoxy groups -OCH3 is 2. The van der Waals surface area contributed by atoms with Crippen LogP contribution in [0.2, 0.25) is 0 Å². The number of amides is 1. The van der Waals surface area contributed by atoms with E-state index in [1.165, 1.54) is 0 Å². The molecular formula is C20H24INO4. The zero-order valence-corrected chi connectivity index (χ0v) is 17.8. The number of carbonyl (C=O) groups is 1. The van der Waals surface area contributed by atoms with Crippen LogP contribution in [-0.2, 0) is 0 Å². The molecule has 0 aliphatic carbocycles. The Hall–Kier alpha value is -1.96. The summed E-state index contributed by atoms with van der Waals surface area (Å²) in [6, 6.07) is 11.1. The van der Waals surface area contributed by atoms with Gasteiger partial charge in [0.2, 0.25) is 0 Å². The van der Waals surface area contributed by atoms with Gasteiger partial charge in [-0.05, 0) is 73.2 Å². The zero-order valence-electron chi connectivity index (χ0n) is 15.6. The fourth-order valence-electron chi connectivity index (χ4n) is 2.52. The average Bonchev–Trinajstić information content (AvgIpc) is 2.60. The van der Waals surface area contributed by atoms with Crippen molar-refractivity contribution in [3.8, 4) is 17.2 Å². The highest BCUT2D eigenvalue weighted by Gasteiger charge is 2.18. The van der Waals surface area contributed by atoms with Crippen LogP contribution in [0.4, 0.5) is 0 Å².